The van der Waals surface area contributed by atoms with Crippen LogP contribution in [-0.4, -0.2) is 56.8 Å². The molecule has 4 nitrogen and oxygen atoms in total. The Bertz CT molecular complexity index is 1410. The predicted octanol–water partition coefficient (Wildman–Crippen LogP) is 7.20. The van der Waals surface area contributed by atoms with E-state index in [1.165, 1.54) is 48.1 Å². The number of piperazine rings is 1. The number of amides is 1. The third kappa shape index (κ3) is 6.11. The van der Waals surface area contributed by atoms with Gasteiger partial charge in [0, 0.05) is 47.8 Å². The van der Waals surface area contributed by atoms with Crippen LogP contribution in [0.15, 0.2) is 54.6 Å². The Morgan fingerprint density at radius 1 is 0.949 bits per heavy atom. The van der Waals surface area contributed by atoms with Gasteiger partial charge in [0.1, 0.15) is 14.7 Å². The van der Waals surface area contributed by atoms with Crippen LogP contribution in [0.5, 0.6) is 0 Å². The molecule has 0 radical (unpaired) electrons. The van der Waals surface area contributed by atoms with Crippen LogP contribution >= 0.6 is 22.6 Å². The van der Waals surface area contributed by atoms with Crippen LogP contribution in [0.1, 0.15) is 39.3 Å². The minimum absolute atomic E-state index is 0.0906. The maximum Gasteiger partial charge on any atom is 0.409 e. The molecule has 202 valence electrons. The molecule has 1 saturated heterocycles. The molecule has 1 amide bonds. The quantitative estimate of drug-likeness (QED) is 0.171. The van der Waals surface area contributed by atoms with Crippen LogP contribution < -0.4 is 0 Å². The molecule has 0 bridgehead atoms. The molecule has 0 saturated carbocycles. The number of carbonyl (C=O) groups excluding carboxylic acids is 1. The highest BCUT2D eigenvalue weighted by atomic mass is 127. The van der Waals surface area contributed by atoms with Crippen LogP contribution in [0.3, 0.4) is 0 Å². The van der Waals surface area contributed by atoms with Crippen LogP contribution in [0.2, 0.25) is 19.6 Å². The fourth-order valence-electron chi connectivity index (χ4n) is 5.55. The summed E-state index contributed by atoms with van der Waals surface area (Å²) in [6, 6.07) is 19.2. The zero-order valence-electron chi connectivity index (χ0n) is 23.6. The van der Waals surface area contributed by atoms with E-state index >= 15 is 0 Å². The summed E-state index contributed by atoms with van der Waals surface area (Å²) in [5, 5.41) is 0. The number of carbonyl (C=O) groups is 1. The third-order valence-electron chi connectivity index (χ3n) is 7.81. The average Bonchev–Trinajstić information content (AvgIpc) is 3.24. The van der Waals surface area contributed by atoms with Gasteiger partial charge in [-0.15, -0.1) is 5.54 Å². The lowest BCUT2D eigenvalue weighted by molar-refractivity contribution is 0.0728. The van der Waals surface area contributed by atoms with Gasteiger partial charge in [0.05, 0.1) is 0 Å². The standard InChI is InChI=1S/C33H37IN2O2Si/c1-23-25(20-32(34)24(2)26(23)14-19-39(3,4)5)21-35-15-17-36(18-16-35)33(37)38-22-31-29-12-8-6-10-27(29)28-11-7-9-13-30(28)31/h6-13,20,31H,15-18,21-22H2,1-5H3. The first-order valence-corrected chi connectivity index (χ1v) is 18.3. The molecular weight excluding hydrogens is 611 g/mol. The summed E-state index contributed by atoms with van der Waals surface area (Å²) >= 11 is 2.44. The molecule has 3 aromatic carbocycles. The number of halogens is 1. The number of benzene rings is 3. The Morgan fingerprint density at radius 2 is 1.54 bits per heavy atom. The molecule has 6 heteroatoms. The summed E-state index contributed by atoms with van der Waals surface area (Å²) in [4.78, 5) is 17.4. The lowest BCUT2D eigenvalue weighted by Gasteiger charge is -2.34. The molecule has 3 aromatic rings. The lowest BCUT2D eigenvalue weighted by Crippen LogP contribution is -2.48. The summed E-state index contributed by atoms with van der Waals surface area (Å²) in [6.07, 6.45) is -0.207. The first kappa shape index (κ1) is 27.9. The minimum Gasteiger partial charge on any atom is -0.448 e. The topological polar surface area (TPSA) is 32.8 Å². The highest BCUT2D eigenvalue weighted by molar-refractivity contribution is 14.1. The number of hydrogen-bond acceptors (Lipinski definition) is 3. The largest absolute Gasteiger partial charge is 0.448 e. The van der Waals surface area contributed by atoms with Crippen molar-refractivity contribution in [2.45, 2.75) is 46.0 Å². The summed E-state index contributed by atoms with van der Waals surface area (Å²) in [6.45, 7) is 15.5. The summed E-state index contributed by atoms with van der Waals surface area (Å²) in [7, 11) is -1.46. The van der Waals surface area contributed by atoms with Crippen molar-refractivity contribution in [2.24, 2.45) is 0 Å². The van der Waals surface area contributed by atoms with Gasteiger partial charge in [-0.2, -0.15) is 0 Å². The number of rotatable bonds is 4. The maximum absolute atomic E-state index is 13.0. The molecule has 0 N–H and O–H groups in total. The first-order valence-electron chi connectivity index (χ1n) is 13.8. The van der Waals surface area contributed by atoms with Crippen molar-refractivity contribution in [3.05, 3.63) is 91.5 Å². The van der Waals surface area contributed by atoms with Crippen molar-refractivity contribution in [3.8, 4) is 22.6 Å². The molecule has 5 rings (SSSR count). The Morgan fingerprint density at radius 3 is 2.13 bits per heavy atom. The lowest BCUT2D eigenvalue weighted by atomic mass is 9.97. The van der Waals surface area contributed by atoms with Gasteiger partial charge >= 0.3 is 6.09 Å². The van der Waals surface area contributed by atoms with Crippen molar-refractivity contribution >= 4 is 36.8 Å². The van der Waals surface area contributed by atoms with Crippen LogP contribution in [0.4, 0.5) is 4.79 Å². The average molecular weight is 649 g/mol. The molecule has 0 atom stereocenters. The van der Waals surface area contributed by atoms with E-state index < -0.39 is 8.07 Å². The van der Waals surface area contributed by atoms with E-state index in [-0.39, 0.29) is 12.0 Å². The maximum atomic E-state index is 13.0. The highest BCUT2D eigenvalue weighted by Crippen LogP contribution is 2.44. The zero-order valence-corrected chi connectivity index (χ0v) is 26.8. The van der Waals surface area contributed by atoms with Gasteiger partial charge in [-0.1, -0.05) is 74.1 Å². The Balaban J connectivity index is 1.20. The molecule has 0 unspecified atom stereocenters. The van der Waals surface area contributed by atoms with E-state index in [0.717, 1.165) is 19.6 Å². The van der Waals surface area contributed by atoms with Gasteiger partial charge in [-0.25, -0.2) is 4.79 Å². The zero-order chi connectivity index (χ0) is 27.7. The normalized spacial score (nSPS) is 15.4. The monoisotopic (exact) mass is 648 g/mol. The molecule has 2 aliphatic rings. The first-order chi connectivity index (χ1) is 18.6. The molecule has 1 fully saturated rings. The summed E-state index contributed by atoms with van der Waals surface area (Å²) < 4.78 is 7.18. The summed E-state index contributed by atoms with van der Waals surface area (Å²) in [5.74, 6) is 3.62. The second-order valence-corrected chi connectivity index (χ2v) is 17.6. The molecule has 1 heterocycles. The van der Waals surface area contributed by atoms with E-state index in [1.807, 2.05) is 4.90 Å². The fraction of sp³-hybridized carbons (Fsp3) is 0.364. The van der Waals surface area contributed by atoms with Crippen LogP contribution in [0.25, 0.3) is 11.1 Å². The van der Waals surface area contributed by atoms with Gasteiger partial charge in [0.15, 0.2) is 0 Å². The van der Waals surface area contributed by atoms with Gasteiger partial charge < -0.3 is 9.64 Å². The molecule has 0 aromatic heterocycles. The van der Waals surface area contributed by atoms with Gasteiger partial charge in [-0.05, 0) is 81.4 Å². The predicted molar refractivity (Wildman–Crippen MR) is 171 cm³/mol. The number of hydrogen-bond donors (Lipinski definition) is 0. The second-order valence-electron chi connectivity index (χ2n) is 11.7. The van der Waals surface area contributed by atoms with E-state index in [4.69, 9.17) is 4.74 Å². The van der Waals surface area contributed by atoms with Crippen molar-refractivity contribution in [1.29, 1.82) is 0 Å². The minimum atomic E-state index is -1.46. The molecular formula is C33H37IN2O2Si. The van der Waals surface area contributed by atoms with Gasteiger partial charge in [0.25, 0.3) is 0 Å². The van der Waals surface area contributed by atoms with Gasteiger partial charge in [-0.3, -0.25) is 4.90 Å². The number of fused-ring (bicyclic) bond motifs is 3. The third-order valence-corrected chi connectivity index (χ3v) is 9.81. The van der Waals surface area contributed by atoms with Gasteiger partial charge in [0.2, 0.25) is 0 Å². The van der Waals surface area contributed by atoms with Crippen molar-refractivity contribution in [2.75, 3.05) is 32.8 Å². The Labute approximate surface area is 247 Å². The molecule has 1 aliphatic heterocycles. The van der Waals surface area contributed by atoms with Crippen molar-refractivity contribution in [3.63, 3.8) is 0 Å². The Kier molecular flexibility index (Phi) is 8.23. The van der Waals surface area contributed by atoms with Crippen LogP contribution in [0, 0.1) is 28.9 Å². The molecule has 39 heavy (non-hydrogen) atoms. The van der Waals surface area contributed by atoms with Crippen LogP contribution in [-0.2, 0) is 11.3 Å². The smallest absolute Gasteiger partial charge is 0.409 e. The SMILES string of the molecule is Cc1c(I)cc(CN2CCN(C(=O)OCC3c4ccccc4-c4ccccc43)CC2)c(C)c1C#C[Si](C)(C)C. The Hall–Kier alpha value is -2.60. The number of nitrogens with zero attached hydrogens (tertiary/aromatic N) is 2. The summed E-state index contributed by atoms with van der Waals surface area (Å²) in [5.41, 5.74) is 13.6. The van der Waals surface area contributed by atoms with E-state index in [2.05, 4.69) is 127 Å². The second kappa shape index (κ2) is 11.5. The fourth-order valence-corrected chi connectivity index (χ4v) is 6.69. The molecule has 1 aliphatic carbocycles. The van der Waals surface area contributed by atoms with Crippen molar-refractivity contribution in [1.82, 2.24) is 9.80 Å². The number of ether oxygens (including phenoxy) is 1. The highest BCUT2D eigenvalue weighted by Gasteiger charge is 2.30. The van der Waals surface area contributed by atoms with E-state index in [9.17, 15) is 4.79 Å². The molecule has 0 spiro atoms. The van der Waals surface area contributed by atoms with E-state index in [1.54, 1.807) is 0 Å². The van der Waals surface area contributed by atoms with Crippen molar-refractivity contribution < 1.29 is 9.53 Å². The van der Waals surface area contributed by atoms with E-state index in [0.29, 0.717) is 19.7 Å².